The van der Waals surface area contributed by atoms with Gasteiger partial charge in [0, 0.05) is 7.11 Å². The Labute approximate surface area is 125 Å². The number of amides is 1. The fourth-order valence-corrected chi connectivity index (χ4v) is 2.76. The first kappa shape index (κ1) is 14.5. The van der Waals surface area contributed by atoms with Crippen molar-refractivity contribution in [3.63, 3.8) is 0 Å². The average Bonchev–Trinajstić information content (AvgIpc) is 2.82. The normalized spacial score (nSPS) is 19.7. The second kappa shape index (κ2) is 5.06. The number of carbonyl (C=O) groups is 1. The van der Waals surface area contributed by atoms with E-state index in [2.05, 4.69) is 5.32 Å². The molecule has 0 fully saturated rings. The standard InChI is InChI=1S/C16H13F2NO3/c1-21-12-8-7-11-13(14(12)18)16(22-2,15(20)19-11)9-3-5-10(17)6-4-9/h3-8H,1-2H3,(H,19,20). The van der Waals surface area contributed by atoms with Crippen molar-refractivity contribution in [3.05, 3.63) is 59.2 Å². The van der Waals surface area contributed by atoms with Gasteiger partial charge in [0.05, 0.1) is 18.4 Å². The van der Waals surface area contributed by atoms with Crippen molar-refractivity contribution in [1.29, 1.82) is 0 Å². The molecule has 3 rings (SSSR count). The van der Waals surface area contributed by atoms with Crippen molar-refractivity contribution in [2.24, 2.45) is 0 Å². The summed E-state index contributed by atoms with van der Waals surface area (Å²) in [7, 11) is 2.64. The molecule has 0 saturated carbocycles. The Morgan fingerprint density at radius 3 is 2.32 bits per heavy atom. The van der Waals surface area contributed by atoms with Gasteiger partial charge in [-0.05, 0) is 29.8 Å². The molecule has 1 unspecified atom stereocenters. The lowest BCUT2D eigenvalue weighted by molar-refractivity contribution is -0.132. The Balaban J connectivity index is 2.30. The Bertz CT molecular complexity index is 746. The van der Waals surface area contributed by atoms with Crippen LogP contribution < -0.4 is 10.1 Å². The first-order valence-corrected chi connectivity index (χ1v) is 6.54. The summed E-state index contributed by atoms with van der Waals surface area (Å²) >= 11 is 0. The largest absolute Gasteiger partial charge is 0.494 e. The third-order valence-corrected chi connectivity index (χ3v) is 3.80. The van der Waals surface area contributed by atoms with Crippen LogP contribution in [0.5, 0.6) is 5.75 Å². The number of anilines is 1. The van der Waals surface area contributed by atoms with Crippen molar-refractivity contribution in [2.45, 2.75) is 5.60 Å². The van der Waals surface area contributed by atoms with E-state index in [0.29, 0.717) is 11.3 Å². The summed E-state index contributed by atoms with van der Waals surface area (Å²) in [6.45, 7) is 0. The summed E-state index contributed by atoms with van der Waals surface area (Å²) in [4.78, 5) is 12.5. The topological polar surface area (TPSA) is 47.6 Å². The molecule has 0 aromatic heterocycles. The van der Waals surface area contributed by atoms with Gasteiger partial charge in [0.1, 0.15) is 5.82 Å². The van der Waals surface area contributed by atoms with Crippen molar-refractivity contribution in [2.75, 3.05) is 19.5 Å². The number of rotatable bonds is 3. The van der Waals surface area contributed by atoms with Gasteiger partial charge in [-0.3, -0.25) is 4.79 Å². The van der Waals surface area contributed by atoms with Crippen molar-refractivity contribution >= 4 is 11.6 Å². The Hall–Kier alpha value is -2.47. The molecule has 1 heterocycles. The van der Waals surface area contributed by atoms with Gasteiger partial charge < -0.3 is 14.8 Å². The smallest absolute Gasteiger partial charge is 0.266 e. The minimum absolute atomic E-state index is 0.00112. The predicted molar refractivity (Wildman–Crippen MR) is 75.8 cm³/mol. The summed E-state index contributed by atoms with van der Waals surface area (Å²) < 4.78 is 38.3. The number of hydrogen-bond donors (Lipinski definition) is 1. The van der Waals surface area contributed by atoms with Crippen LogP contribution >= 0.6 is 0 Å². The number of hydrogen-bond acceptors (Lipinski definition) is 3. The second-order valence-corrected chi connectivity index (χ2v) is 4.85. The van der Waals surface area contributed by atoms with Crippen LogP contribution in [-0.4, -0.2) is 20.1 Å². The average molecular weight is 305 g/mol. The molecule has 1 atom stereocenters. The quantitative estimate of drug-likeness (QED) is 0.948. The van der Waals surface area contributed by atoms with Crippen molar-refractivity contribution in [3.8, 4) is 5.75 Å². The summed E-state index contributed by atoms with van der Waals surface area (Å²) in [5, 5.41) is 2.59. The number of ether oxygens (including phenoxy) is 2. The number of benzene rings is 2. The van der Waals surface area contributed by atoms with Crippen LogP contribution in [-0.2, 0) is 15.1 Å². The monoisotopic (exact) mass is 305 g/mol. The zero-order valence-corrected chi connectivity index (χ0v) is 11.9. The summed E-state index contributed by atoms with van der Waals surface area (Å²) in [5.74, 6) is -1.69. The zero-order valence-electron chi connectivity index (χ0n) is 11.9. The highest BCUT2D eigenvalue weighted by atomic mass is 19.1. The molecular weight excluding hydrogens is 292 g/mol. The van der Waals surface area contributed by atoms with Gasteiger partial charge >= 0.3 is 0 Å². The molecular formula is C16H13F2NO3. The third-order valence-electron chi connectivity index (χ3n) is 3.80. The van der Waals surface area contributed by atoms with E-state index >= 15 is 0 Å². The van der Waals surface area contributed by atoms with Crippen LogP contribution in [0, 0.1) is 11.6 Å². The van der Waals surface area contributed by atoms with E-state index in [1.165, 1.54) is 44.6 Å². The highest BCUT2D eigenvalue weighted by Crippen LogP contribution is 2.46. The van der Waals surface area contributed by atoms with E-state index in [1.807, 2.05) is 0 Å². The van der Waals surface area contributed by atoms with E-state index in [1.54, 1.807) is 6.07 Å². The zero-order chi connectivity index (χ0) is 15.9. The molecule has 0 aliphatic carbocycles. The van der Waals surface area contributed by atoms with E-state index < -0.39 is 23.1 Å². The van der Waals surface area contributed by atoms with E-state index in [0.717, 1.165) is 0 Å². The molecule has 0 bridgehead atoms. The SMILES string of the molecule is COc1ccc2c(c1F)C(OC)(c1ccc(F)cc1)C(=O)N2. The minimum Gasteiger partial charge on any atom is -0.494 e. The van der Waals surface area contributed by atoms with E-state index in [-0.39, 0.29) is 11.3 Å². The fraction of sp³-hybridized carbons (Fsp3) is 0.188. The number of fused-ring (bicyclic) bond motifs is 1. The van der Waals surface area contributed by atoms with Gasteiger partial charge in [-0.15, -0.1) is 0 Å². The molecule has 1 aliphatic rings. The van der Waals surface area contributed by atoms with Gasteiger partial charge in [0.15, 0.2) is 11.6 Å². The number of halogens is 2. The molecule has 6 heteroatoms. The highest BCUT2D eigenvalue weighted by Gasteiger charge is 2.51. The molecule has 114 valence electrons. The summed E-state index contributed by atoms with van der Waals surface area (Å²) in [5.41, 5.74) is -1.01. The Morgan fingerprint density at radius 2 is 1.73 bits per heavy atom. The van der Waals surface area contributed by atoms with Crippen LogP contribution in [0.3, 0.4) is 0 Å². The lowest BCUT2D eigenvalue weighted by Crippen LogP contribution is -2.38. The maximum absolute atomic E-state index is 14.7. The van der Waals surface area contributed by atoms with Crippen LogP contribution in [0.1, 0.15) is 11.1 Å². The van der Waals surface area contributed by atoms with Crippen LogP contribution in [0.4, 0.5) is 14.5 Å². The molecule has 1 aliphatic heterocycles. The van der Waals surface area contributed by atoms with E-state index in [9.17, 15) is 13.6 Å². The molecule has 4 nitrogen and oxygen atoms in total. The van der Waals surface area contributed by atoms with Crippen LogP contribution in [0.15, 0.2) is 36.4 Å². The van der Waals surface area contributed by atoms with Crippen LogP contribution in [0.2, 0.25) is 0 Å². The maximum Gasteiger partial charge on any atom is 0.266 e. The van der Waals surface area contributed by atoms with Gasteiger partial charge in [0.2, 0.25) is 5.60 Å². The molecule has 2 aromatic carbocycles. The molecule has 22 heavy (non-hydrogen) atoms. The van der Waals surface area contributed by atoms with Gasteiger partial charge in [-0.25, -0.2) is 8.78 Å². The van der Waals surface area contributed by atoms with Crippen molar-refractivity contribution < 1.29 is 23.0 Å². The lowest BCUT2D eigenvalue weighted by atomic mass is 9.86. The van der Waals surface area contributed by atoms with Crippen molar-refractivity contribution in [1.82, 2.24) is 0 Å². The van der Waals surface area contributed by atoms with Gasteiger partial charge in [-0.2, -0.15) is 0 Å². The molecule has 0 radical (unpaired) electrons. The Morgan fingerprint density at radius 1 is 1.05 bits per heavy atom. The third kappa shape index (κ3) is 1.80. The lowest BCUT2D eigenvalue weighted by Gasteiger charge is -2.27. The van der Waals surface area contributed by atoms with E-state index in [4.69, 9.17) is 9.47 Å². The number of nitrogens with one attached hydrogen (secondary N) is 1. The molecule has 2 aromatic rings. The highest BCUT2D eigenvalue weighted by molar-refractivity contribution is 6.07. The second-order valence-electron chi connectivity index (χ2n) is 4.85. The Kier molecular flexibility index (Phi) is 3.33. The number of carbonyl (C=O) groups excluding carboxylic acids is 1. The molecule has 1 amide bonds. The molecule has 0 spiro atoms. The van der Waals surface area contributed by atoms with Gasteiger partial charge in [-0.1, -0.05) is 12.1 Å². The molecule has 0 saturated heterocycles. The minimum atomic E-state index is -1.68. The molecule has 1 N–H and O–H groups in total. The predicted octanol–water partition coefficient (Wildman–Crippen LogP) is 2.82. The maximum atomic E-state index is 14.7. The summed E-state index contributed by atoms with van der Waals surface area (Å²) in [6, 6.07) is 8.14. The summed E-state index contributed by atoms with van der Waals surface area (Å²) in [6.07, 6.45) is 0. The first-order valence-electron chi connectivity index (χ1n) is 6.54. The van der Waals surface area contributed by atoms with Crippen LogP contribution in [0.25, 0.3) is 0 Å². The fourth-order valence-electron chi connectivity index (χ4n) is 2.76. The first-order chi connectivity index (χ1) is 10.5. The van der Waals surface area contributed by atoms with Gasteiger partial charge in [0.25, 0.3) is 5.91 Å². The number of methoxy groups -OCH3 is 2.